The molecule has 0 fully saturated rings. The Hall–Kier alpha value is -2.02. The highest BCUT2D eigenvalue weighted by molar-refractivity contribution is 5.70. The van der Waals surface area contributed by atoms with Crippen LogP contribution in [0.5, 0.6) is 0 Å². The van der Waals surface area contributed by atoms with E-state index in [-0.39, 0.29) is 6.42 Å². The molecule has 0 bridgehead atoms. The molecule has 0 spiro atoms. The van der Waals surface area contributed by atoms with Crippen molar-refractivity contribution >= 4 is 11.7 Å². The lowest BCUT2D eigenvalue weighted by Gasteiger charge is -1.93. The minimum Gasteiger partial charge on any atom is -0.481 e. The van der Waals surface area contributed by atoms with Crippen molar-refractivity contribution in [2.45, 2.75) is 6.42 Å². The smallest absolute Gasteiger partial charge is 0.315 e. The minimum atomic E-state index is -0.956. The molecular formula is C9H8N2O2. The summed E-state index contributed by atoms with van der Waals surface area (Å²) in [4.78, 5) is 14.0. The van der Waals surface area contributed by atoms with Crippen molar-refractivity contribution < 1.29 is 9.90 Å². The van der Waals surface area contributed by atoms with Crippen LogP contribution in [0.15, 0.2) is 18.3 Å². The van der Waals surface area contributed by atoms with E-state index in [4.69, 9.17) is 10.8 Å². The second-order valence-electron chi connectivity index (χ2n) is 2.31. The summed E-state index contributed by atoms with van der Waals surface area (Å²) in [7, 11) is 0. The Balaban J connectivity index is 2.77. The molecule has 0 aliphatic rings. The Bertz CT molecular complexity index is 377. The first kappa shape index (κ1) is 9.07. The largest absolute Gasteiger partial charge is 0.481 e. The average molecular weight is 176 g/mol. The zero-order valence-corrected chi connectivity index (χ0v) is 6.82. The number of hydrogen-bond donors (Lipinski definition) is 2. The third kappa shape index (κ3) is 2.83. The van der Waals surface area contributed by atoms with Gasteiger partial charge < -0.3 is 10.8 Å². The molecule has 13 heavy (non-hydrogen) atoms. The summed E-state index contributed by atoms with van der Waals surface area (Å²) < 4.78 is 0. The second kappa shape index (κ2) is 4.12. The molecular weight excluding hydrogens is 168 g/mol. The lowest BCUT2D eigenvalue weighted by atomic mass is 10.3. The molecule has 1 aromatic rings. The molecule has 1 rings (SSSR count). The van der Waals surface area contributed by atoms with Gasteiger partial charge in [-0.3, -0.25) is 4.79 Å². The summed E-state index contributed by atoms with van der Waals surface area (Å²) >= 11 is 0. The van der Waals surface area contributed by atoms with Crippen LogP contribution in [0.3, 0.4) is 0 Å². The monoisotopic (exact) mass is 176 g/mol. The number of rotatable bonds is 1. The molecule has 0 aromatic carbocycles. The van der Waals surface area contributed by atoms with E-state index >= 15 is 0 Å². The maximum absolute atomic E-state index is 10.1. The van der Waals surface area contributed by atoms with Gasteiger partial charge in [0.2, 0.25) is 0 Å². The van der Waals surface area contributed by atoms with Gasteiger partial charge in [-0.2, -0.15) is 0 Å². The highest BCUT2D eigenvalue weighted by Gasteiger charge is 1.93. The third-order valence-corrected chi connectivity index (χ3v) is 1.29. The molecule has 0 saturated heterocycles. The van der Waals surface area contributed by atoms with Crippen LogP contribution in [0.1, 0.15) is 12.1 Å². The van der Waals surface area contributed by atoms with E-state index in [0.29, 0.717) is 11.4 Å². The third-order valence-electron chi connectivity index (χ3n) is 1.29. The second-order valence-corrected chi connectivity index (χ2v) is 2.31. The molecule has 0 aliphatic heterocycles. The number of anilines is 1. The zero-order valence-electron chi connectivity index (χ0n) is 6.82. The molecule has 1 aromatic heterocycles. The van der Waals surface area contributed by atoms with E-state index in [1.54, 1.807) is 18.3 Å². The van der Waals surface area contributed by atoms with Crippen molar-refractivity contribution in [1.82, 2.24) is 4.98 Å². The first-order chi connectivity index (χ1) is 6.20. The van der Waals surface area contributed by atoms with E-state index in [1.807, 2.05) is 0 Å². The van der Waals surface area contributed by atoms with Crippen LogP contribution in [0, 0.1) is 11.8 Å². The zero-order chi connectivity index (χ0) is 9.68. The lowest BCUT2D eigenvalue weighted by Crippen LogP contribution is -1.93. The number of hydrogen-bond acceptors (Lipinski definition) is 3. The van der Waals surface area contributed by atoms with Crippen molar-refractivity contribution in [2.75, 3.05) is 5.73 Å². The van der Waals surface area contributed by atoms with Crippen LogP contribution in [0.25, 0.3) is 0 Å². The Kier molecular flexibility index (Phi) is 2.87. The highest BCUT2D eigenvalue weighted by Crippen LogP contribution is 2.03. The summed E-state index contributed by atoms with van der Waals surface area (Å²) in [5.74, 6) is 4.07. The van der Waals surface area contributed by atoms with Crippen LogP contribution in [-0.2, 0) is 4.79 Å². The van der Waals surface area contributed by atoms with Crippen LogP contribution < -0.4 is 5.73 Å². The number of carboxylic acid groups (broad SMARTS) is 1. The van der Waals surface area contributed by atoms with Gasteiger partial charge >= 0.3 is 5.97 Å². The van der Waals surface area contributed by atoms with E-state index in [1.165, 1.54) is 0 Å². The van der Waals surface area contributed by atoms with Gasteiger partial charge in [0.1, 0.15) is 12.1 Å². The summed E-state index contributed by atoms with van der Waals surface area (Å²) in [5.41, 5.74) is 6.40. The number of nitrogens with zero attached hydrogens (tertiary/aromatic N) is 1. The Labute approximate surface area is 75.4 Å². The van der Waals surface area contributed by atoms with E-state index in [0.717, 1.165) is 0 Å². The molecule has 4 heteroatoms. The predicted octanol–water partition coefficient (Wildman–Crippen LogP) is 0.490. The maximum Gasteiger partial charge on any atom is 0.315 e. The topological polar surface area (TPSA) is 76.2 Å². The van der Waals surface area contributed by atoms with Crippen molar-refractivity contribution in [1.29, 1.82) is 0 Å². The number of carbonyl (C=O) groups is 1. The Morgan fingerprint density at radius 3 is 3.08 bits per heavy atom. The molecule has 0 unspecified atom stereocenters. The van der Waals surface area contributed by atoms with Gasteiger partial charge in [-0.05, 0) is 18.1 Å². The van der Waals surface area contributed by atoms with Gasteiger partial charge in [0, 0.05) is 6.20 Å². The van der Waals surface area contributed by atoms with Crippen LogP contribution in [0.4, 0.5) is 5.69 Å². The Morgan fingerprint density at radius 2 is 2.46 bits per heavy atom. The SMILES string of the molecule is Nc1cccnc1C#CCC(=O)O. The highest BCUT2D eigenvalue weighted by atomic mass is 16.4. The summed E-state index contributed by atoms with van der Waals surface area (Å²) in [6.45, 7) is 0. The van der Waals surface area contributed by atoms with Gasteiger partial charge in [-0.1, -0.05) is 5.92 Å². The van der Waals surface area contributed by atoms with Crippen molar-refractivity contribution in [2.24, 2.45) is 0 Å². The van der Waals surface area contributed by atoms with Gasteiger partial charge in [-0.25, -0.2) is 4.98 Å². The van der Waals surface area contributed by atoms with Crippen molar-refractivity contribution in [3.05, 3.63) is 24.0 Å². The lowest BCUT2D eigenvalue weighted by molar-refractivity contribution is -0.135. The van der Waals surface area contributed by atoms with Gasteiger partial charge in [0.15, 0.2) is 0 Å². The first-order valence-electron chi connectivity index (χ1n) is 3.61. The fourth-order valence-electron chi connectivity index (χ4n) is 0.726. The average Bonchev–Trinajstić information content (AvgIpc) is 2.08. The van der Waals surface area contributed by atoms with Gasteiger partial charge in [-0.15, -0.1) is 0 Å². The van der Waals surface area contributed by atoms with Gasteiger partial charge in [0.25, 0.3) is 0 Å². The molecule has 0 amide bonds. The van der Waals surface area contributed by atoms with E-state index < -0.39 is 5.97 Å². The normalized spacial score (nSPS) is 8.62. The molecule has 3 N–H and O–H groups in total. The van der Waals surface area contributed by atoms with E-state index in [9.17, 15) is 4.79 Å². The molecule has 4 nitrogen and oxygen atoms in total. The molecule has 0 atom stereocenters. The summed E-state index contributed by atoms with van der Waals surface area (Å²) in [6.07, 6.45) is 1.36. The molecule has 1 heterocycles. The fraction of sp³-hybridized carbons (Fsp3) is 0.111. The van der Waals surface area contributed by atoms with Crippen LogP contribution in [0.2, 0.25) is 0 Å². The quantitative estimate of drug-likeness (QED) is 0.610. The molecule has 0 saturated carbocycles. The first-order valence-corrected chi connectivity index (χ1v) is 3.61. The number of aromatic nitrogens is 1. The molecule has 0 radical (unpaired) electrons. The maximum atomic E-state index is 10.1. The summed E-state index contributed by atoms with van der Waals surface area (Å²) in [6, 6.07) is 3.36. The fourth-order valence-corrected chi connectivity index (χ4v) is 0.726. The standard InChI is InChI=1S/C9H8N2O2/c10-7-3-2-6-11-8(7)4-1-5-9(12)13/h2-3,6H,5,10H2,(H,12,13). The molecule has 0 aliphatic carbocycles. The van der Waals surface area contributed by atoms with E-state index in [2.05, 4.69) is 16.8 Å². The predicted molar refractivity (Wildman–Crippen MR) is 47.8 cm³/mol. The van der Waals surface area contributed by atoms with Crippen LogP contribution in [-0.4, -0.2) is 16.1 Å². The van der Waals surface area contributed by atoms with Gasteiger partial charge in [0.05, 0.1) is 5.69 Å². The number of nitrogens with two attached hydrogens (primary N) is 1. The number of carboxylic acids is 1. The Morgan fingerprint density at radius 1 is 1.69 bits per heavy atom. The molecule has 66 valence electrons. The van der Waals surface area contributed by atoms with Crippen LogP contribution >= 0.6 is 0 Å². The number of nitrogen functional groups attached to an aromatic ring is 1. The number of aliphatic carboxylic acids is 1. The summed E-state index contributed by atoms with van der Waals surface area (Å²) in [5, 5.41) is 8.31. The minimum absolute atomic E-state index is 0.198. The van der Waals surface area contributed by atoms with Crippen molar-refractivity contribution in [3.8, 4) is 11.8 Å². The van der Waals surface area contributed by atoms with Crippen molar-refractivity contribution in [3.63, 3.8) is 0 Å². The number of pyridine rings is 1.